The fourth-order valence-electron chi connectivity index (χ4n) is 2.71. The third kappa shape index (κ3) is 4.52. The summed E-state index contributed by atoms with van der Waals surface area (Å²) in [7, 11) is -2.49. The van der Waals surface area contributed by atoms with E-state index < -0.39 is 19.8 Å². The standard InChI is InChI=1S/C17H16N7O4PS/c1-23-8-13(15(22-23)12-4-2-3-5-18-12)20-16(25)14-9-30-17(21-14)11-6-19-24(7-11)10-29(26,27)28/h2-9H,10H2,1H3,(H,20,25)(H2,26,27,28). The van der Waals surface area contributed by atoms with Gasteiger partial charge < -0.3 is 15.1 Å². The number of aryl methyl sites for hydroxylation is 1. The number of aromatic nitrogens is 6. The molecule has 154 valence electrons. The third-order valence-electron chi connectivity index (χ3n) is 3.93. The molecule has 11 nitrogen and oxygen atoms in total. The maximum absolute atomic E-state index is 12.7. The number of carbonyl (C=O) groups excluding carboxylic acids is 1. The van der Waals surface area contributed by atoms with Crippen LogP contribution in [0.1, 0.15) is 10.5 Å². The number of anilines is 1. The van der Waals surface area contributed by atoms with Gasteiger partial charge in [-0.05, 0) is 12.1 Å². The zero-order valence-electron chi connectivity index (χ0n) is 15.6. The van der Waals surface area contributed by atoms with Gasteiger partial charge in [-0.1, -0.05) is 6.07 Å². The molecule has 0 saturated heterocycles. The van der Waals surface area contributed by atoms with Gasteiger partial charge in [-0.3, -0.25) is 23.7 Å². The van der Waals surface area contributed by atoms with Gasteiger partial charge >= 0.3 is 7.60 Å². The first-order chi connectivity index (χ1) is 14.3. The molecule has 4 aromatic rings. The normalized spacial score (nSPS) is 11.6. The predicted octanol–water partition coefficient (Wildman–Crippen LogP) is 2.19. The van der Waals surface area contributed by atoms with Crippen LogP contribution in [0.25, 0.3) is 22.0 Å². The number of hydrogen-bond acceptors (Lipinski definition) is 7. The molecule has 30 heavy (non-hydrogen) atoms. The number of rotatable bonds is 6. The Bertz CT molecular complexity index is 1240. The molecule has 13 heteroatoms. The van der Waals surface area contributed by atoms with Gasteiger partial charge in [0.25, 0.3) is 5.91 Å². The van der Waals surface area contributed by atoms with Crippen molar-refractivity contribution in [2.75, 3.05) is 5.32 Å². The minimum atomic E-state index is -4.24. The lowest BCUT2D eigenvalue weighted by Crippen LogP contribution is -2.12. The summed E-state index contributed by atoms with van der Waals surface area (Å²) in [4.78, 5) is 39.4. The Labute approximate surface area is 174 Å². The highest BCUT2D eigenvalue weighted by molar-refractivity contribution is 7.50. The van der Waals surface area contributed by atoms with E-state index in [4.69, 9.17) is 9.79 Å². The lowest BCUT2D eigenvalue weighted by molar-refractivity contribution is 0.102. The molecular weight excluding hydrogens is 429 g/mol. The Morgan fingerprint density at radius 3 is 2.87 bits per heavy atom. The monoisotopic (exact) mass is 445 g/mol. The van der Waals surface area contributed by atoms with Crippen LogP contribution in [0.4, 0.5) is 5.69 Å². The second kappa shape index (κ2) is 7.92. The van der Waals surface area contributed by atoms with Crippen molar-refractivity contribution in [2.45, 2.75) is 6.29 Å². The van der Waals surface area contributed by atoms with E-state index in [2.05, 4.69) is 25.5 Å². The smallest absolute Gasteiger partial charge is 0.323 e. The summed E-state index contributed by atoms with van der Waals surface area (Å²) in [6, 6.07) is 5.43. The van der Waals surface area contributed by atoms with E-state index >= 15 is 0 Å². The largest absolute Gasteiger partial charge is 0.346 e. The number of nitrogens with one attached hydrogen (secondary N) is 1. The average Bonchev–Trinajstić information content (AvgIpc) is 3.41. The van der Waals surface area contributed by atoms with Crippen molar-refractivity contribution < 1.29 is 19.1 Å². The topological polar surface area (TPSA) is 148 Å². The van der Waals surface area contributed by atoms with E-state index in [1.807, 2.05) is 6.07 Å². The number of amides is 1. The third-order valence-corrected chi connectivity index (χ3v) is 5.48. The fraction of sp³-hybridized carbons (Fsp3) is 0.118. The molecular formula is C17H16N7O4PS. The lowest BCUT2D eigenvalue weighted by Gasteiger charge is -2.03. The molecule has 3 N–H and O–H groups in total. The summed E-state index contributed by atoms with van der Waals surface area (Å²) in [6.45, 7) is 0. The molecule has 0 aliphatic carbocycles. The molecule has 0 spiro atoms. The van der Waals surface area contributed by atoms with Gasteiger partial charge in [0.05, 0.1) is 17.6 Å². The Morgan fingerprint density at radius 1 is 1.30 bits per heavy atom. The van der Waals surface area contributed by atoms with Gasteiger partial charge in [0, 0.05) is 36.6 Å². The van der Waals surface area contributed by atoms with Crippen molar-refractivity contribution in [3.63, 3.8) is 0 Å². The molecule has 0 radical (unpaired) electrons. The van der Waals surface area contributed by atoms with E-state index in [0.29, 0.717) is 27.6 Å². The van der Waals surface area contributed by atoms with Crippen LogP contribution in [0.3, 0.4) is 0 Å². The molecule has 4 heterocycles. The Kier molecular flexibility index (Phi) is 5.31. The van der Waals surface area contributed by atoms with Crippen LogP contribution >= 0.6 is 18.9 Å². The van der Waals surface area contributed by atoms with Gasteiger partial charge in [0.2, 0.25) is 0 Å². The first-order valence-electron chi connectivity index (χ1n) is 8.58. The summed E-state index contributed by atoms with van der Waals surface area (Å²) in [5.74, 6) is -0.412. The van der Waals surface area contributed by atoms with E-state index in [1.165, 1.54) is 23.7 Å². The molecule has 0 saturated carbocycles. The van der Waals surface area contributed by atoms with Crippen LogP contribution in [0.5, 0.6) is 0 Å². The highest BCUT2D eigenvalue weighted by Gasteiger charge is 2.19. The predicted molar refractivity (Wildman–Crippen MR) is 110 cm³/mol. The molecule has 0 unspecified atom stereocenters. The van der Waals surface area contributed by atoms with Gasteiger partial charge in [0.1, 0.15) is 22.7 Å². The second-order valence-corrected chi connectivity index (χ2v) is 8.82. The van der Waals surface area contributed by atoms with Crippen molar-refractivity contribution in [3.05, 3.63) is 54.1 Å². The maximum Gasteiger partial charge on any atom is 0.346 e. The van der Waals surface area contributed by atoms with Crippen molar-refractivity contribution in [1.29, 1.82) is 0 Å². The van der Waals surface area contributed by atoms with E-state index in [9.17, 15) is 9.36 Å². The van der Waals surface area contributed by atoms with Crippen molar-refractivity contribution in [3.8, 4) is 22.0 Å². The number of hydrogen-bond donors (Lipinski definition) is 3. The van der Waals surface area contributed by atoms with Gasteiger partial charge in [-0.2, -0.15) is 10.2 Å². The first-order valence-corrected chi connectivity index (χ1v) is 11.3. The quantitative estimate of drug-likeness (QED) is 0.383. The minimum Gasteiger partial charge on any atom is -0.323 e. The molecule has 0 bridgehead atoms. The SMILES string of the molecule is Cn1cc(NC(=O)c2csc(-c3cnn(CP(=O)(O)O)c3)n2)c(-c2ccccn2)n1. The van der Waals surface area contributed by atoms with Crippen LogP contribution in [-0.4, -0.2) is 45.2 Å². The maximum atomic E-state index is 12.7. The van der Waals surface area contributed by atoms with Gasteiger partial charge in [0.15, 0.2) is 0 Å². The lowest BCUT2D eigenvalue weighted by atomic mass is 10.2. The van der Waals surface area contributed by atoms with E-state index in [-0.39, 0.29) is 5.69 Å². The van der Waals surface area contributed by atoms with Crippen molar-refractivity contribution in [2.24, 2.45) is 7.05 Å². The van der Waals surface area contributed by atoms with Crippen molar-refractivity contribution >= 4 is 30.5 Å². The summed E-state index contributed by atoms with van der Waals surface area (Å²) < 4.78 is 13.8. The van der Waals surface area contributed by atoms with Crippen LogP contribution in [0, 0.1) is 0 Å². The molecule has 0 aromatic carbocycles. The molecule has 0 atom stereocenters. The second-order valence-electron chi connectivity index (χ2n) is 6.35. The molecule has 4 rings (SSSR count). The minimum absolute atomic E-state index is 0.202. The van der Waals surface area contributed by atoms with E-state index in [0.717, 1.165) is 4.68 Å². The molecule has 1 amide bonds. The van der Waals surface area contributed by atoms with Crippen LogP contribution in [-0.2, 0) is 17.9 Å². The Morgan fingerprint density at radius 2 is 2.13 bits per heavy atom. The highest BCUT2D eigenvalue weighted by atomic mass is 32.1. The summed E-state index contributed by atoms with van der Waals surface area (Å²) >= 11 is 1.23. The van der Waals surface area contributed by atoms with Gasteiger partial charge in [-0.15, -0.1) is 11.3 Å². The Balaban J connectivity index is 1.53. The van der Waals surface area contributed by atoms with Crippen LogP contribution < -0.4 is 5.32 Å². The fourth-order valence-corrected chi connectivity index (χ4v) is 4.02. The average molecular weight is 445 g/mol. The van der Waals surface area contributed by atoms with Crippen LogP contribution in [0.2, 0.25) is 0 Å². The molecule has 4 aromatic heterocycles. The highest BCUT2D eigenvalue weighted by Crippen LogP contribution is 2.36. The van der Waals surface area contributed by atoms with Crippen LogP contribution in [0.15, 0.2) is 48.4 Å². The number of carbonyl (C=O) groups is 1. The summed E-state index contributed by atoms with van der Waals surface area (Å²) in [6.07, 6.45) is 5.72. The number of pyridine rings is 1. The first kappa shape index (κ1) is 20.1. The summed E-state index contributed by atoms with van der Waals surface area (Å²) in [5, 5.41) is 13.2. The summed E-state index contributed by atoms with van der Waals surface area (Å²) in [5.41, 5.74) is 2.44. The molecule has 0 fully saturated rings. The van der Waals surface area contributed by atoms with E-state index in [1.54, 1.807) is 41.6 Å². The molecule has 0 aliphatic heterocycles. The zero-order chi connectivity index (χ0) is 21.3. The van der Waals surface area contributed by atoms with Crippen molar-refractivity contribution in [1.82, 2.24) is 29.5 Å². The number of nitrogens with zero attached hydrogens (tertiary/aromatic N) is 6. The van der Waals surface area contributed by atoms with Gasteiger partial charge in [-0.25, -0.2) is 4.98 Å². The molecule has 0 aliphatic rings. The number of thiazole rings is 1. The Hall–Kier alpha value is -3.18. The zero-order valence-corrected chi connectivity index (χ0v) is 17.3.